The van der Waals surface area contributed by atoms with Crippen molar-refractivity contribution in [3.63, 3.8) is 0 Å². The molecular weight excluding hydrogens is 858 g/mol. The van der Waals surface area contributed by atoms with E-state index in [1.54, 1.807) is 48.5 Å². The first kappa shape index (κ1) is 46.9. The number of fused-ring (bicyclic) bond motifs is 1. The SMILES string of the molecule is C=C(c1ccccc1)c1ccc(OCCOCCOc2ccc(N=Nc3ccc(C(=O)Oc4ccc5c(OC(=O)NCCC[Si](Cl)(OCC)OCC)cc(=O)oc5c4)cc3)cc2)cc1. The van der Waals surface area contributed by atoms with Crippen molar-refractivity contribution in [2.75, 3.05) is 46.2 Å². The van der Waals surface area contributed by atoms with Crippen molar-refractivity contribution in [2.45, 2.75) is 26.3 Å². The van der Waals surface area contributed by atoms with Gasteiger partial charge in [-0.05, 0) is 110 Å². The first-order chi connectivity index (χ1) is 31.1. The Labute approximate surface area is 376 Å². The third-order valence-corrected chi connectivity index (χ3v) is 12.9. The molecule has 0 saturated heterocycles. The van der Waals surface area contributed by atoms with Crippen LogP contribution in [-0.2, 0) is 13.6 Å². The van der Waals surface area contributed by atoms with Crippen LogP contribution < -0.4 is 29.9 Å². The summed E-state index contributed by atoms with van der Waals surface area (Å²) < 4.78 is 44.7. The average molecular weight is 906 g/mol. The molecule has 0 unspecified atom stereocenters. The molecule has 5 aromatic carbocycles. The van der Waals surface area contributed by atoms with Gasteiger partial charge in [-0.1, -0.05) is 60.1 Å². The van der Waals surface area contributed by atoms with E-state index >= 15 is 0 Å². The summed E-state index contributed by atoms with van der Waals surface area (Å²) in [5, 5.41) is 11.5. The average Bonchev–Trinajstić information content (AvgIpc) is 3.30. The maximum Gasteiger partial charge on any atom is 0.443 e. The fraction of sp³-hybridized carbons (Fsp3) is 0.229. The van der Waals surface area contributed by atoms with Gasteiger partial charge in [0.25, 0.3) is 0 Å². The van der Waals surface area contributed by atoms with Crippen LogP contribution in [0.1, 0.15) is 41.8 Å². The summed E-state index contributed by atoms with van der Waals surface area (Å²) in [6, 6.07) is 37.3. The number of hydrogen-bond donors (Lipinski definition) is 1. The van der Waals surface area contributed by atoms with Gasteiger partial charge < -0.3 is 42.3 Å². The number of halogens is 1. The molecule has 1 aromatic heterocycles. The van der Waals surface area contributed by atoms with Gasteiger partial charge in [-0.25, -0.2) is 14.4 Å². The molecule has 64 heavy (non-hydrogen) atoms. The molecule has 0 aliphatic carbocycles. The molecule has 1 N–H and O–H groups in total. The molecule has 0 atom stereocenters. The number of carbonyl (C=O) groups is 2. The lowest BCUT2D eigenvalue weighted by molar-refractivity contribution is 0.0735. The highest BCUT2D eigenvalue weighted by Gasteiger charge is 2.34. The lowest BCUT2D eigenvalue weighted by Gasteiger charge is -2.22. The monoisotopic (exact) mass is 905 g/mol. The third-order valence-electron chi connectivity index (χ3n) is 9.27. The van der Waals surface area contributed by atoms with E-state index in [-0.39, 0.29) is 29.2 Å². The van der Waals surface area contributed by atoms with Crippen molar-refractivity contribution in [3.05, 3.63) is 161 Å². The minimum atomic E-state index is -2.84. The van der Waals surface area contributed by atoms with Gasteiger partial charge in [0.2, 0.25) is 0 Å². The van der Waals surface area contributed by atoms with E-state index in [4.69, 9.17) is 48.0 Å². The van der Waals surface area contributed by atoms with E-state index in [0.717, 1.165) is 28.5 Å². The molecule has 6 rings (SSSR count). The highest BCUT2D eigenvalue weighted by Crippen LogP contribution is 2.29. The Morgan fingerprint density at radius 3 is 1.88 bits per heavy atom. The largest absolute Gasteiger partial charge is 0.491 e. The lowest BCUT2D eigenvalue weighted by Crippen LogP contribution is -2.37. The van der Waals surface area contributed by atoms with Crippen LogP contribution in [0.25, 0.3) is 16.5 Å². The first-order valence-corrected chi connectivity index (χ1v) is 23.7. The van der Waals surface area contributed by atoms with Gasteiger partial charge in [-0.3, -0.25) is 0 Å². The maximum atomic E-state index is 13.0. The van der Waals surface area contributed by atoms with E-state index in [1.165, 1.54) is 18.2 Å². The Bertz CT molecular complexity index is 2550. The smallest absolute Gasteiger partial charge is 0.443 e. The summed E-state index contributed by atoms with van der Waals surface area (Å²) in [5.74, 6) is 0.849. The fourth-order valence-electron chi connectivity index (χ4n) is 6.16. The Morgan fingerprint density at radius 1 is 0.688 bits per heavy atom. The van der Waals surface area contributed by atoms with Crippen LogP contribution in [0, 0.1) is 0 Å². The van der Waals surface area contributed by atoms with Crippen LogP contribution >= 0.6 is 11.1 Å². The predicted molar refractivity (Wildman–Crippen MR) is 246 cm³/mol. The van der Waals surface area contributed by atoms with Gasteiger partial charge in [0.15, 0.2) is 5.75 Å². The fourth-order valence-corrected chi connectivity index (χ4v) is 9.04. The number of carbonyl (C=O) groups excluding carboxylic acids is 2. The van der Waals surface area contributed by atoms with Crippen LogP contribution in [0.2, 0.25) is 6.04 Å². The van der Waals surface area contributed by atoms with Crippen molar-refractivity contribution in [3.8, 4) is 23.0 Å². The molecule has 16 heteroatoms. The Morgan fingerprint density at radius 2 is 1.25 bits per heavy atom. The summed E-state index contributed by atoms with van der Waals surface area (Å²) in [7, 11) is -2.84. The molecule has 1 amide bonds. The molecule has 6 aromatic rings. The van der Waals surface area contributed by atoms with Crippen LogP contribution in [0.15, 0.2) is 153 Å². The number of ether oxygens (including phenoxy) is 5. The molecule has 0 aliphatic rings. The van der Waals surface area contributed by atoms with Gasteiger partial charge in [0.05, 0.1) is 41.6 Å². The van der Waals surface area contributed by atoms with Crippen molar-refractivity contribution >= 4 is 58.9 Å². The zero-order valence-electron chi connectivity index (χ0n) is 35.5. The van der Waals surface area contributed by atoms with Gasteiger partial charge in [0.1, 0.15) is 36.0 Å². The quantitative estimate of drug-likeness (QED) is 0.0124. The highest BCUT2D eigenvalue weighted by atomic mass is 35.6. The number of rotatable bonds is 23. The number of nitrogens with one attached hydrogen (secondary N) is 1. The van der Waals surface area contributed by atoms with E-state index in [1.807, 2.05) is 68.4 Å². The second kappa shape index (κ2) is 23.7. The van der Waals surface area contributed by atoms with Gasteiger partial charge >= 0.3 is 25.6 Å². The normalized spacial score (nSPS) is 11.4. The van der Waals surface area contributed by atoms with Gasteiger partial charge in [-0.2, -0.15) is 10.2 Å². The van der Waals surface area contributed by atoms with Crippen molar-refractivity contribution in [1.29, 1.82) is 0 Å². The zero-order valence-corrected chi connectivity index (χ0v) is 37.2. The summed E-state index contributed by atoms with van der Waals surface area (Å²) in [6.45, 7) is 10.6. The van der Waals surface area contributed by atoms with Gasteiger partial charge in [0, 0.05) is 31.9 Å². The Balaban J connectivity index is 0.895. The van der Waals surface area contributed by atoms with E-state index in [0.29, 0.717) is 74.6 Å². The molecule has 0 bridgehead atoms. The summed E-state index contributed by atoms with van der Waals surface area (Å²) >= 11 is 6.49. The van der Waals surface area contributed by atoms with Gasteiger partial charge in [-0.15, -0.1) is 0 Å². The molecule has 0 aliphatic heterocycles. The topological polar surface area (TPSA) is 166 Å². The molecule has 0 saturated carbocycles. The number of hydrogen-bond acceptors (Lipinski definition) is 13. The van der Waals surface area contributed by atoms with E-state index in [9.17, 15) is 14.4 Å². The first-order valence-electron chi connectivity index (χ1n) is 20.6. The predicted octanol–water partition coefficient (Wildman–Crippen LogP) is 10.7. The molecule has 0 fully saturated rings. The molecule has 14 nitrogen and oxygen atoms in total. The summed E-state index contributed by atoms with van der Waals surface area (Å²) in [5.41, 5.74) is 3.74. The van der Waals surface area contributed by atoms with Crippen LogP contribution in [0.5, 0.6) is 23.0 Å². The minimum absolute atomic E-state index is 0.0231. The number of benzene rings is 5. The van der Waals surface area contributed by atoms with Crippen LogP contribution in [0.4, 0.5) is 16.2 Å². The zero-order chi connectivity index (χ0) is 45.2. The standard InChI is InChI=1S/C48H48ClN3O11Si/c1-4-59-64(49,60-5-2)31-9-26-50-48(55)63-45-33-46(53)62-44-32-42(24-25-43(44)45)61-47(54)37-12-16-38(17-13-37)51-52-39-18-22-41(23-19-39)58-30-28-56-27-29-57-40-20-14-36(15-21-40)34(3)35-10-7-6-8-11-35/h6-8,10-25,32-33H,3-5,9,26-31H2,1-2H3,(H,50,55). The summed E-state index contributed by atoms with van der Waals surface area (Å²) in [6.07, 6.45) is -0.276. The Hall–Kier alpha value is -6.62. The highest BCUT2D eigenvalue weighted by molar-refractivity contribution is 7.13. The van der Waals surface area contributed by atoms with Crippen molar-refractivity contribution in [1.82, 2.24) is 5.32 Å². The lowest BCUT2D eigenvalue weighted by atomic mass is 10.00. The second-order valence-corrected chi connectivity index (χ2v) is 18.0. The summed E-state index contributed by atoms with van der Waals surface area (Å²) in [4.78, 5) is 37.8. The second-order valence-electron chi connectivity index (χ2n) is 13.8. The number of esters is 1. The van der Waals surface area contributed by atoms with Crippen molar-refractivity contribution < 1.29 is 46.5 Å². The van der Waals surface area contributed by atoms with Crippen LogP contribution in [0.3, 0.4) is 0 Å². The molecular formula is C48H48ClN3O11Si. The third kappa shape index (κ3) is 14.2. The molecule has 332 valence electrons. The molecule has 0 spiro atoms. The molecule has 1 heterocycles. The van der Waals surface area contributed by atoms with E-state index < -0.39 is 25.6 Å². The minimum Gasteiger partial charge on any atom is -0.491 e. The van der Waals surface area contributed by atoms with Crippen molar-refractivity contribution in [2.24, 2.45) is 10.2 Å². The number of amides is 1. The van der Waals surface area contributed by atoms with E-state index in [2.05, 4.69) is 22.1 Å². The Kier molecular flexibility index (Phi) is 17.4. The molecule has 0 radical (unpaired) electrons. The maximum absolute atomic E-state index is 13.0. The number of nitrogens with zero attached hydrogens (tertiary/aromatic N) is 2. The van der Waals surface area contributed by atoms with Crippen LogP contribution in [-0.4, -0.2) is 66.1 Å². The number of azo groups is 1.